The van der Waals surface area contributed by atoms with Gasteiger partial charge in [0, 0.05) is 5.69 Å². The zero-order chi connectivity index (χ0) is 17.8. The van der Waals surface area contributed by atoms with Gasteiger partial charge in [0.15, 0.2) is 5.82 Å². The van der Waals surface area contributed by atoms with E-state index in [1.54, 1.807) is 19.1 Å². The molecule has 0 bridgehead atoms. The molecule has 3 rings (SSSR count). The van der Waals surface area contributed by atoms with Crippen molar-refractivity contribution in [2.75, 3.05) is 18.4 Å². The van der Waals surface area contributed by atoms with E-state index in [4.69, 9.17) is 9.63 Å². The van der Waals surface area contributed by atoms with E-state index in [-0.39, 0.29) is 24.1 Å². The minimum atomic E-state index is -1.03. The lowest BCUT2D eigenvalue weighted by Crippen LogP contribution is -2.39. The molecular weight excluding hydrogens is 324 g/mol. The molecule has 1 aromatic carbocycles. The first-order chi connectivity index (χ1) is 12.0. The minimum Gasteiger partial charge on any atom is -0.478 e. The number of hydrogen-bond acceptors (Lipinski definition) is 6. The highest BCUT2D eigenvalue weighted by molar-refractivity contribution is 5.94. The number of nitrogens with zero attached hydrogens (tertiary/aromatic N) is 3. The largest absolute Gasteiger partial charge is 0.478 e. The Kier molecular flexibility index (Phi) is 5.08. The van der Waals surface area contributed by atoms with E-state index in [0.29, 0.717) is 17.4 Å². The molecule has 1 saturated heterocycles. The van der Waals surface area contributed by atoms with Gasteiger partial charge in [-0.15, -0.1) is 0 Å². The number of carboxylic acid groups (broad SMARTS) is 1. The monoisotopic (exact) mass is 344 g/mol. The van der Waals surface area contributed by atoms with E-state index >= 15 is 0 Å². The van der Waals surface area contributed by atoms with Crippen molar-refractivity contribution < 1.29 is 19.2 Å². The molecule has 0 saturated carbocycles. The zero-order valence-electron chi connectivity index (χ0n) is 13.9. The lowest BCUT2D eigenvalue weighted by Gasteiger charge is -2.32. The summed E-state index contributed by atoms with van der Waals surface area (Å²) in [7, 11) is 0. The van der Waals surface area contributed by atoms with Crippen LogP contribution in [0.15, 0.2) is 28.8 Å². The summed E-state index contributed by atoms with van der Waals surface area (Å²) in [4.78, 5) is 29.7. The smallest absolute Gasteiger partial charge is 0.335 e. The second kappa shape index (κ2) is 7.43. The van der Waals surface area contributed by atoms with Crippen LogP contribution in [0, 0.1) is 6.92 Å². The Morgan fingerprint density at radius 2 is 2.24 bits per heavy atom. The second-order valence-corrected chi connectivity index (χ2v) is 6.10. The number of nitrogens with one attached hydrogen (secondary N) is 1. The lowest BCUT2D eigenvalue weighted by molar-refractivity contribution is -0.118. The van der Waals surface area contributed by atoms with Gasteiger partial charge in [-0.25, -0.2) is 4.79 Å². The molecule has 0 spiro atoms. The van der Waals surface area contributed by atoms with Crippen LogP contribution in [0.4, 0.5) is 5.69 Å². The molecule has 1 fully saturated rings. The number of hydrogen-bond donors (Lipinski definition) is 2. The SMILES string of the molecule is Cc1noc(C2CCCCN2CC(=O)Nc2cccc(C(=O)O)c2)n1. The Bertz CT molecular complexity index is 774. The summed E-state index contributed by atoms with van der Waals surface area (Å²) in [6.45, 7) is 2.72. The molecule has 25 heavy (non-hydrogen) atoms. The van der Waals surface area contributed by atoms with E-state index in [0.717, 1.165) is 25.8 Å². The number of likely N-dealkylation sites (tertiary alicyclic amines) is 1. The third kappa shape index (κ3) is 4.21. The van der Waals surface area contributed by atoms with Crippen molar-refractivity contribution in [3.05, 3.63) is 41.5 Å². The molecule has 0 radical (unpaired) electrons. The maximum atomic E-state index is 12.4. The number of piperidine rings is 1. The number of aryl methyl sites for hydroxylation is 1. The average Bonchev–Trinajstić information content (AvgIpc) is 3.01. The topological polar surface area (TPSA) is 109 Å². The predicted molar refractivity (Wildman–Crippen MR) is 89.2 cm³/mol. The molecule has 1 aliphatic rings. The number of aromatic carboxylic acids is 1. The van der Waals surface area contributed by atoms with Gasteiger partial charge in [-0.05, 0) is 44.5 Å². The van der Waals surface area contributed by atoms with Gasteiger partial charge in [0.25, 0.3) is 0 Å². The van der Waals surface area contributed by atoms with Gasteiger partial charge in [-0.1, -0.05) is 17.6 Å². The summed E-state index contributed by atoms with van der Waals surface area (Å²) < 4.78 is 5.28. The van der Waals surface area contributed by atoms with Gasteiger partial charge in [-0.3, -0.25) is 9.69 Å². The van der Waals surface area contributed by atoms with Crippen LogP contribution < -0.4 is 5.32 Å². The van der Waals surface area contributed by atoms with Gasteiger partial charge in [0.1, 0.15) is 0 Å². The molecule has 2 N–H and O–H groups in total. The third-order valence-electron chi connectivity index (χ3n) is 4.18. The van der Waals surface area contributed by atoms with Crippen LogP contribution in [0.25, 0.3) is 0 Å². The summed E-state index contributed by atoms with van der Waals surface area (Å²) in [6.07, 6.45) is 2.92. The van der Waals surface area contributed by atoms with Crippen molar-refractivity contribution in [3.63, 3.8) is 0 Å². The lowest BCUT2D eigenvalue weighted by atomic mass is 10.0. The second-order valence-electron chi connectivity index (χ2n) is 6.10. The summed E-state index contributed by atoms with van der Waals surface area (Å²) in [6, 6.07) is 6.13. The zero-order valence-corrected chi connectivity index (χ0v) is 13.9. The summed E-state index contributed by atoms with van der Waals surface area (Å²) in [5.74, 6) is -0.113. The van der Waals surface area contributed by atoms with Crippen molar-refractivity contribution in [1.82, 2.24) is 15.0 Å². The van der Waals surface area contributed by atoms with Crippen molar-refractivity contribution in [2.45, 2.75) is 32.2 Å². The number of aromatic nitrogens is 2. The first kappa shape index (κ1) is 17.1. The molecule has 0 aliphatic carbocycles. The number of amides is 1. The molecule has 1 aromatic heterocycles. The fourth-order valence-electron chi connectivity index (χ4n) is 3.02. The first-order valence-corrected chi connectivity index (χ1v) is 8.20. The number of carboxylic acids is 1. The van der Waals surface area contributed by atoms with Gasteiger partial charge < -0.3 is 14.9 Å². The number of carbonyl (C=O) groups excluding carboxylic acids is 1. The van der Waals surface area contributed by atoms with Crippen molar-refractivity contribution in [2.24, 2.45) is 0 Å². The molecule has 1 amide bonds. The fourth-order valence-corrected chi connectivity index (χ4v) is 3.02. The van der Waals surface area contributed by atoms with E-state index in [9.17, 15) is 9.59 Å². The van der Waals surface area contributed by atoms with Gasteiger partial charge in [0.05, 0.1) is 18.2 Å². The Balaban J connectivity index is 1.66. The molecule has 2 heterocycles. The van der Waals surface area contributed by atoms with Gasteiger partial charge in [0.2, 0.25) is 11.8 Å². The highest BCUT2D eigenvalue weighted by Crippen LogP contribution is 2.29. The summed E-state index contributed by atoms with van der Waals surface area (Å²) in [5.41, 5.74) is 0.599. The van der Waals surface area contributed by atoms with Crippen molar-refractivity contribution >= 4 is 17.6 Å². The van der Waals surface area contributed by atoms with Gasteiger partial charge in [-0.2, -0.15) is 4.98 Å². The van der Waals surface area contributed by atoms with E-state index < -0.39 is 5.97 Å². The van der Waals surface area contributed by atoms with E-state index in [1.165, 1.54) is 12.1 Å². The Morgan fingerprint density at radius 1 is 1.40 bits per heavy atom. The first-order valence-electron chi connectivity index (χ1n) is 8.20. The van der Waals surface area contributed by atoms with E-state index in [2.05, 4.69) is 15.5 Å². The average molecular weight is 344 g/mol. The third-order valence-corrected chi connectivity index (χ3v) is 4.18. The Labute approximate surface area is 144 Å². The molecule has 8 heteroatoms. The quantitative estimate of drug-likeness (QED) is 0.856. The van der Waals surface area contributed by atoms with Gasteiger partial charge >= 0.3 is 5.97 Å². The van der Waals surface area contributed by atoms with Crippen LogP contribution in [0.3, 0.4) is 0 Å². The van der Waals surface area contributed by atoms with Crippen LogP contribution >= 0.6 is 0 Å². The highest BCUT2D eigenvalue weighted by atomic mass is 16.5. The minimum absolute atomic E-state index is 0.0638. The normalized spacial score (nSPS) is 18.0. The molecule has 1 aliphatic heterocycles. The maximum Gasteiger partial charge on any atom is 0.335 e. The molecule has 8 nitrogen and oxygen atoms in total. The number of benzene rings is 1. The van der Waals surface area contributed by atoms with E-state index in [1.807, 2.05) is 4.90 Å². The highest BCUT2D eigenvalue weighted by Gasteiger charge is 2.29. The van der Waals surface area contributed by atoms with Crippen molar-refractivity contribution in [1.29, 1.82) is 0 Å². The van der Waals surface area contributed by atoms with Crippen LogP contribution in [0.5, 0.6) is 0 Å². The predicted octanol–water partition coefficient (Wildman–Crippen LogP) is 2.24. The number of carbonyl (C=O) groups is 2. The Hall–Kier alpha value is -2.74. The number of rotatable bonds is 5. The fraction of sp³-hybridized carbons (Fsp3) is 0.412. The standard InChI is InChI=1S/C17H20N4O4/c1-11-18-16(25-20-11)14-7-2-3-8-21(14)10-15(22)19-13-6-4-5-12(9-13)17(23)24/h4-6,9,14H,2-3,7-8,10H2,1H3,(H,19,22)(H,23,24). The summed E-state index contributed by atoms with van der Waals surface area (Å²) in [5, 5.41) is 15.6. The van der Waals surface area contributed by atoms with Crippen LogP contribution in [0.2, 0.25) is 0 Å². The molecule has 1 unspecified atom stereocenters. The molecular formula is C17H20N4O4. The van der Waals surface area contributed by atoms with Crippen molar-refractivity contribution in [3.8, 4) is 0 Å². The van der Waals surface area contributed by atoms with Crippen LogP contribution in [-0.4, -0.2) is 45.1 Å². The Morgan fingerprint density at radius 3 is 2.96 bits per heavy atom. The maximum absolute atomic E-state index is 12.4. The summed E-state index contributed by atoms with van der Waals surface area (Å²) >= 11 is 0. The molecule has 2 aromatic rings. The van der Waals surface area contributed by atoms with Crippen LogP contribution in [-0.2, 0) is 4.79 Å². The van der Waals surface area contributed by atoms with Crippen LogP contribution in [0.1, 0.15) is 47.4 Å². The number of anilines is 1. The molecule has 1 atom stereocenters. The molecule has 132 valence electrons.